The Morgan fingerprint density at radius 2 is 1.74 bits per heavy atom. The number of benzene rings is 2. The van der Waals surface area contributed by atoms with Gasteiger partial charge < -0.3 is 9.84 Å². The van der Waals surface area contributed by atoms with Crippen LogP contribution in [0.4, 0.5) is 0 Å². The molecule has 1 saturated carbocycles. The monoisotopic (exact) mass is 480 g/mol. The minimum atomic E-state index is -0.904. The fourth-order valence-corrected chi connectivity index (χ4v) is 5.26. The van der Waals surface area contributed by atoms with Crippen molar-refractivity contribution < 1.29 is 14.6 Å². The second kappa shape index (κ2) is 11.2. The van der Waals surface area contributed by atoms with Crippen molar-refractivity contribution >= 4 is 17.6 Å². The number of halogens is 1. The fraction of sp³-hybridized carbons (Fsp3) is 0.429. The Kier molecular flexibility index (Phi) is 8.07. The van der Waals surface area contributed by atoms with Gasteiger partial charge in [-0.05, 0) is 61.1 Å². The summed E-state index contributed by atoms with van der Waals surface area (Å²) in [5.74, 6) is 0.390. The zero-order chi connectivity index (χ0) is 24.1. The van der Waals surface area contributed by atoms with Crippen LogP contribution in [0.15, 0.2) is 54.6 Å². The van der Waals surface area contributed by atoms with Crippen LogP contribution >= 0.6 is 11.6 Å². The molecule has 6 heteroatoms. The van der Waals surface area contributed by atoms with Gasteiger partial charge in [-0.15, -0.1) is 0 Å². The SMILES string of the molecule is CC(C)c1c(-c2cccc(Cl)c2)c(-c2ccccc2)nn1CC1CCC(COCC(=O)O)CC1. The Hall–Kier alpha value is -2.63. The van der Waals surface area contributed by atoms with Crippen LogP contribution in [-0.2, 0) is 16.1 Å². The van der Waals surface area contributed by atoms with Gasteiger partial charge in [-0.2, -0.15) is 5.10 Å². The lowest BCUT2D eigenvalue weighted by Crippen LogP contribution is -2.24. The molecule has 3 aromatic rings. The molecule has 1 heterocycles. The van der Waals surface area contributed by atoms with E-state index in [1.54, 1.807) is 0 Å². The molecular weight excluding hydrogens is 448 g/mol. The second-order valence-corrected chi connectivity index (χ2v) is 10.1. The first-order valence-corrected chi connectivity index (χ1v) is 12.5. The van der Waals surface area contributed by atoms with Crippen molar-refractivity contribution in [2.24, 2.45) is 11.8 Å². The Bertz CT molecular complexity index is 1100. The molecule has 1 aliphatic carbocycles. The molecule has 1 fully saturated rings. The highest BCUT2D eigenvalue weighted by atomic mass is 35.5. The average molecular weight is 481 g/mol. The summed E-state index contributed by atoms with van der Waals surface area (Å²) in [6.45, 7) is 5.67. The Balaban J connectivity index is 1.60. The molecule has 0 unspecified atom stereocenters. The van der Waals surface area contributed by atoms with E-state index in [0.29, 0.717) is 24.4 Å². The van der Waals surface area contributed by atoms with Crippen molar-refractivity contribution in [1.29, 1.82) is 0 Å². The number of hydrogen-bond acceptors (Lipinski definition) is 3. The third-order valence-electron chi connectivity index (χ3n) is 6.68. The normalized spacial score (nSPS) is 18.4. The van der Waals surface area contributed by atoms with Gasteiger partial charge in [0, 0.05) is 28.4 Å². The van der Waals surface area contributed by atoms with Crippen LogP contribution in [0.2, 0.25) is 5.02 Å². The standard InChI is InChI=1S/C28H33ClN2O3/c1-19(2)28-26(23-9-6-10-24(29)15-23)27(22-7-4-3-5-8-22)30-31(28)16-20-11-13-21(14-12-20)17-34-18-25(32)33/h3-10,15,19-21H,11-14,16-18H2,1-2H3,(H,32,33). The smallest absolute Gasteiger partial charge is 0.329 e. The number of carboxylic acid groups (broad SMARTS) is 1. The van der Waals surface area contributed by atoms with Crippen molar-refractivity contribution in [2.75, 3.05) is 13.2 Å². The molecule has 4 rings (SSSR count). The number of aliphatic carboxylic acids is 1. The number of ether oxygens (including phenoxy) is 1. The number of aromatic nitrogens is 2. The summed E-state index contributed by atoms with van der Waals surface area (Å²) in [4.78, 5) is 10.7. The molecule has 0 saturated heterocycles. The zero-order valence-electron chi connectivity index (χ0n) is 19.9. The molecule has 5 nitrogen and oxygen atoms in total. The molecule has 2 aromatic carbocycles. The lowest BCUT2D eigenvalue weighted by Gasteiger charge is -2.29. The predicted octanol–water partition coefficient (Wildman–Crippen LogP) is 6.90. The average Bonchev–Trinajstić information content (AvgIpc) is 3.20. The molecule has 0 atom stereocenters. The second-order valence-electron chi connectivity index (χ2n) is 9.62. The number of hydrogen-bond donors (Lipinski definition) is 1. The summed E-state index contributed by atoms with van der Waals surface area (Å²) in [6, 6.07) is 18.4. The third kappa shape index (κ3) is 5.89. The van der Waals surface area contributed by atoms with Crippen molar-refractivity contribution in [3.8, 4) is 22.4 Å². The van der Waals surface area contributed by atoms with E-state index in [1.165, 1.54) is 11.3 Å². The first kappa shape index (κ1) is 24.5. The highest BCUT2D eigenvalue weighted by molar-refractivity contribution is 6.30. The first-order valence-electron chi connectivity index (χ1n) is 12.1. The molecule has 1 N–H and O–H groups in total. The van der Waals surface area contributed by atoms with Crippen molar-refractivity contribution in [3.05, 3.63) is 65.3 Å². The maximum Gasteiger partial charge on any atom is 0.329 e. The molecule has 0 spiro atoms. The Morgan fingerprint density at radius 3 is 2.38 bits per heavy atom. The van der Waals surface area contributed by atoms with E-state index in [-0.39, 0.29) is 6.61 Å². The largest absolute Gasteiger partial charge is 0.480 e. The minimum Gasteiger partial charge on any atom is -0.480 e. The van der Waals surface area contributed by atoms with Gasteiger partial charge in [0.25, 0.3) is 0 Å². The van der Waals surface area contributed by atoms with Crippen LogP contribution in [0.25, 0.3) is 22.4 Å². The molecule has 0 amide bonds. The quantitative estimate of drug-likeness (QED) is 0.361. The predicted molar refractivity (Wildman–Crippen MR) is 136 cm³/mol. The molecule has 180 valence electrons. The lowest BCUT2D eigenvalue weighted by molar-refractivity contribution is -0.142. The van der Waals surface area contributed by atoms with Crippen LogP contribution in [-0.4, -0.2) is 34.1 Å². The molecule has 34 heavy (non-hydrogen) atoms. The van der Waals surface area contributed by atoms with Crippen LogP contribution < -0.4 is 0 Å². The van der Waals surface area contributed by atoms with E-state index in [1.807, 2.05) is 24.3 Å². The summed E-state index contributed by atoms with van der Waals surface area (Å²) in [7, 11) is 0. The van der Waals surface area contributed by atoms with Gasteiger partial charge in [0.1, 0.15) is 12.3 Å². The topological polar surface area (TPSA) is 64.4 Å². The van der Waals surface area contributed by atoms with E-state index < -0.39 is 5.97 Å². The summed E-state index contributed by atoms with van der Waals surface area (Å²) in [6.07, 6.45) is 4.34. The molecule has 0 radical (unpaired) electrons. The molecule has 1 aliphatic rings. The highest BCUT2D eigenvalue weighted by Crippen LogP contribution is 2.40. The number of carbonyl (C=O) groups is 1. The highest BCUT2D eigenvalue weighted by Gasteiger charge is 2.27. The minimum absolute atomic E-state index is 0.209. The van der Waals surface area contributed by atoms with Gasteiger partial charge in [-0.25, -0.2) is 4.79 Å². The summed E-state index contributed by atoms with van der Waals surface area (Å²) < 4.78 is 7.57. The van der Waals surface area contributed by atoms with Crippen LogP contribution in [0.1, 0.15) is 51.1 Å². The van der Waals surface area contributed by atoms with Crippen molar-refractivity contribution in [1.82, 2.24) is 9.78 Å². The molecule has 0 aliphatic heterocycles. The van der Waals surface area contributed by atoms with Gasteiger partial charge in [0.15, 0.2) is 0 Å². The van der Waals surface area contributed by atoms with Gasteiger partial charge in [-0.1, -0.05) is 67.9 Å². The van der Waals surface area contributed by atoms with E-state index in [2.05, 4.69) is 48.9 Å². The van der Waals surface area contributed by atoms with Crippen LogP contribution in [0, 0.1) is 11.8 Å². The zero-order valence-corrected chi connectivity index (χ0v) is 20.7. The van der Waals surface area contributed by atoms with Gasteiger partial charge in [-0.3, -0.25) is 4.68 Å². The van der Waals surface area contributed by atoms with Gasteiger partial charge in [0.05, 0.1) is 6.61 Å². The number of carboxylic acids is 1. The van der Waals surface area contributed by atoms with E-state index in [9.17, 15) is 4.79 Å². The number of nitrogens with zero attached hydrogens (tertiary/aromatic N) is 2. The van der Waals surface area contributed by atoms with Crippen LogP contribution in [0.5, 0.6) is 0 Å². The van der Waals surface area contributed by atoms with Crippen molar-refractivity contribution in [2.45, 2.75) is 52.0 Å². The summed E-state index contributed by atoms with van der Waals surface area (Å²) in [5, 5.41) is 14.7. The van der Waals surface area contributed by atoms with Crippen molar-refractivity contribution in [3.63, 3.8) is 0 Å². The molecule has 0 bridgehead atoms. The first-order chi connectivity index (χ1) is 16.4. The fourth-order valence-electron chi connectivity index (χ4n) is 5.07. The third-order valence-corrected chi connectivity index (χ3v) is 6.91. The molecule has 1 aromatic heterocycles. The Labute approximate surface area is 206 Å². The van der Waals surface area contributed by atoms with Crippen LogP contribution in [0.3, 0.4) is 0 Å². The number of rotatable bonds is 9. The summed E-state index contributed by atoms with van der Waals surface area (Å²) >= 11 is 6.38. The van der Waals surface area contributed by atoms with E-state index >= 15 is 0 Å². The Morgan fingerprint density at radius 1 is 1.06 bits per heavy atom. The maximum atomic E-state index is 10.7. The lowest BCUT2D eigenvalue weighted by atomic mass is 9.82. The van der Waals surface area contributed by atoms with E-state index in [4.69, 9.17) is 26.5 Å². The maximum absolute atomic E-state index is 10.7. The van der Waals surface area contributed by atoms with Gasteiger partial charge in [0.2, 0.25) is 0 Å². The van der Waals surface area contributed by atoms with Gasteiger partial charge >= 0.3 is 5.97 Å². The summed E-state index contributed by atoms with van der Waals surface area (Å²) in [5.41, 5.74) is 5.62. The molecular formula is C28H33ClN2O3. The van der Waals surface area contributed by atoms with E-state index in [0.717, 1.165) is 54.1 Å².